The molecule has 0 unspecified atom stereocenters. The lowest BCUT2D eigenvalue weighted by Crippen LogP contribution is -2.08. The molecule has 0 radical (unpaired) electrons. The summed E-state index contributed by atoms with van der Waals surface area (Å²) in [4.78, 5) is 11.2. The summed E-state index contributed by atoms with van der Waals surface area (Å²) in [6.07, 6.45) is 23.2. The molecule has 0 aliphatic rings. The quantitative estimate of drug-likeness (QED) is 0.0344. The number of hydrogen-bond donors (Lipinski definition) is 0. The first-order chi connectivity index (χ1) is 13.3. The molecule has 0 rings (SSSR count). The Bertz CT molecular complexity index is 395. The van der Waals surface area contributed by atoms with Crippen molar-refractivity contribution >= 4 is 61.4 Å². The second-order valence-electron chi connectivity index (χ2n) is 8.39. The summed E-state index contributed by atoms with van der Waals surface area (Å²) in [6.45, 7) is 5.82. The SMILES string of the molecule is C=C(C)C(=O)OCCCCCCCCCCCCCCCCCCC([SiH3])(I)I. The van der Waals surface area contributed by atoms with Crippen LogP contribution in [0.15, 0.2) is 12.2 Å². The standard InChI is InChI=1S/C23H44I2O2Si/c1-21(2)22(26)27-20-18-16-14-12-10-8-6-4-3-5-7-9-11-13-15-17-19-23(24,25)28/h1,3-20H2,2,28H3. The Kier molecular flexibility index (Phi) is 20.5. The number of hydrogen-bond acceptors (Lipinski definition) is 2. The summed E-state index contributed by atoms with van der Waals surface area (Å²) in [5.74, 6) is -0.253. The number of ether oxygens (including phenoxy) is 1. The number of unbranched alkanes of at least 4 members (excludes halogenated alkanes) is 15. The van der Waals surface area contributed by atoms with Crippen molar-refractivity contribution in [3.63, 3.8) is 0 Å². The molecule has 28 heavy (non-hydrogen) atoms. The van der Waals surface area contributed by atoms with Crippen LogP contribution < -0.4 is 0 Å². The van der Waals surface area contributed by atoms with Crippen molar-refractivity contribution in [1.82, 2.24) is 0 Å². The van der Waals surface area contributed by atoms with E-state index in [4.69, 9.17) is 4.74 Å². The van der Waals surface area contributed by atoms with Crippen molar-refractivity contribution in [3.8, 4) is 0 Å². The summed E-state index contributed by atoms with van der Waals surface area (Å²) in [7, 11) is 1.30. The van der Waals surface area contributed by atoms with Crippen LogP contribution in [-0.2, 0) is 9.53 Å². The molecule has 0 aliphatic carbocycles. The van der Waals surface area contributed by atoms with Gasteiger partial charge < -0.3 is 4.74 Å². The topological polar surface area (TPSA) is 26.3 Å². The molecular formula is C23H44I2O2Si. The number of halogens is 2. The predicted octanol–water partition coefficient (Wildman–Crippen LogP) is 7.63. The van der Waals surface area contributed by atoms with E-state index in [2.05, 4.69) is 51.8 Å². The van der Waals surface area contributed by atoms with Gasteiger partial charge in [-0.05, 0) is 19.8 Å². The minimum atomic E-state index is -0.253. The first-order valence-electron chi connectivity index (χ1n) is 11.5. The fraction of sp³-hybridized carbons (Fsp3) is 0.870. The van der Waals surface area contributed by atoms with Crippen molar-refractivity contribution in [1.29, 1.82) is 0 Å². The molecule has 2 nitrogen and oxygen atoms in total. The third kappa shape index (κ3) is 23.2. The number of carbonyl (C=O) groups excluding carboxylic acids is 1. The van der Waals surface area contributed by atoms with E-state index in [1.807, 2.05) is 0 Å². The van der Waals surface area contributed by atoms with E-state index in [-0.39, 0.29) is 5.97 Å². The highest BCUT2D eigenvalue weighted by molar-refractivity contribution is 14.2. The van der Waals surface area contributed by atoms with E-state index < -0.39 is 0 Å². The number of alkyl halides is 2. The minimum absolute atomic E-state index is 0.253. The van der Waals surface area contributed by atoms with Gasteiger partial charge in [-0.15, -0.1) is 0 Å². The molecular weight excluding hydrogens is 590 g/mol. The van der Waals surface area contributed by atoms with Crippen molar-refractivity contribution < 1.29 is 9.53 Å². The molecule has 5 heteroatoms. The monoisotopic (exact) mass is 634 g/mol. The molecule has 0 aromatic rings. The van der Waals surface area contributed by atoms with Crippen LogP contribution >= 0.6 is 45.2 Å². The summed E-state index contributed by atoms with van der Waals surface area (Å²) >= 11 is 5.23. The van der Waals surface area contributed by atoms with Gasteiger partial charge in [0, 0.05) is 15.8 Å². The van der Waals surface area contributed by atoms with Gasteiger partial charge in [-0.1, -0.05) is 148 Å². The lowest BCUT2D eigenvalue weighted by molar-refractivity contribution is -0.139. The molecule has 0 aromatic heterocycles. The number of rotatable bonds is 20. The predicted molar refractivity (Wildman–Crippen MR) is 145 cm³/mol. The molecule has 0 fully saturated rings. The van der Waals surface area contributed by atoms with Gasteiger partial charge in [-0.3, -0.25) is 0 Å². The van der Waals surface area contributed by atoms with E-state index in [1.54, 1.807) is 6.92 Å². The number of carbonyl (C=O) groups is 1. The van der Waals surface area contributed by atoms with Crippen LogP contribution in [0.25, 0.3) is 0 Å². The van der Waals surface area contributed by atoms with Crippen LogP contribution in [0.4, 0.5) is 0 Å². The van der Waals surface area contributed by atoms with Crippen molar-refractivity contribution in [3.05, 3.63) is 12.2 Å². The molecule has 0 bridgehead atoms. The van der Waals surface area contributed by atoms with Gasteiger partial charge >= 0.3 is 5.97 Å². The van der Waals surface area contributed by atoms with Crippen LogP contribution in [0.2, 0.25) is 0 Å². The Morgan fingerprint density at radius 3 is 1.39 bits per heavy atom. The van der Waals surface area contributed by atoms with Gasteiger partial charge in [0.1, 0.15) is 0 Å². The first kappa shape index (κ1) is 28.9. The molecule has 0 atom stereocenters. The van der Waals surface area contributed by atoms with Crippen LogP contribution in [0.5, 0.6) is 0 Å². The van der Waals surface area contributed by atoms with E-state index in [0.29, 0.717) is 13.2 Å². The normalized spacial score (nSPS) is 11.7. The average Bonchev–Trinajstić information content (AvgIpc) is 2.62. The summed E-state index contributed by atoms with van der Waals surface area (Å²) in [6, 6.07) is 0. The second kappa shape index (κ2) is 19.8. The molecule has 166 valence electrons. The highest BCUT2D eigenvalue weighted by atomic mass is 127. The highest BCUT2D eigenvalue weighted by Gasteiger charge is 2.12. The molecule has 0 spiro atoms. The molecule has 0 saturated heterocycles. The Morgan fingerprint density at radius 2 is 1.07 bits per heavy atom. The highest BCUT2D eigenvalue weighted by Crippen LogP contribution is 2.29. The van der Waals surface area contributed by atoms with E-state index >= 15 is 0 Å². The van der Waals surface area contributed by atoms with Gasteiger partial charge in [-0.2, -0.15) is 0 Å². The van der Waals surface area contributed by atoms with Gasteiger partial charge in [0.05, 0.1) is 7.66 Å². The maximum absolute atomic E-state index is 11.2. The molecule has 0 aromatic carbocycles. The smallest absolute Gasteiger partial charge is 0.333 e. The van der Waals surface area contributed by atoms with E-state index in [0.717, 1.165) is 6.42 Å². The van der Waals surface area contributed by atoms with Crippen LogP contribution in [0, 0.1) is 0 Å². The summed E-state index contributed by atoms with van der Waals surface area (Å²) < 4.78 is 5.70. The lowest BCUT2D eigenvalue weighted by Gasteiger charge is -2.13. The first-order valence-corrected chi connectivity index (χ1v) is 14.7. The zero-order valence-corrected chi connectivity index (χ0v) is 24.8. The third-order valence-corrected chi connectivity index (χ3v) is 6.67. The number of esters is 1. The Hall–Kier alpha value is 0.887. The van der Waals surface area contributed by atoms with Crippen molar-refractivity contribution in [2.24, 2.45) is 0 Å². The molecule has 0 saturated carbocycles. The lowest BCUT2D eigenvalue weighted by atomic mass is 10.0. The average molecular weight is 634 g/mol. The van der Waals surface area contributed by atoms with E-state index in [1.165, 1.54) is 113 Å². The largest absolute Gasteiger partial charge is 0.462 e. The minimum Gasteiger partial charge on any atom is -0.462 e. The fourth-order valence-corrected chi connectivity index (χ4v) is 4.42. The zero-order chi connectivity index (χ0) is 21.1. The zero-order valence-electron chi connectivity index (χ0n) is 18.5. The molecule has 0 heterocycles. The van der Waals surface area contributed by atoms with Gasteiger partial charge in [0.15, 0.2) is 0 Å². The van der Waals surface area contributed by atoms with Crippen LogP contribution in [-0.4, -0.2) is 23.9 Å². The molecule has 0 amide bonds. The molecule has 0 aliphatic heterocycles. The van der Waals surface area contributed by atoms with Crippen molar-refractivity contribution in [2.75, 3.05) is 6.61 Å². The summed E-state index contributed by atoms with van der Waals surface area (Å²) in [5.41, 5.74) is 0.493. The van der Waals surface area contributed by atoms with Gasteiger partial charge in [0.25, 0.3) is 0 Å². The Morgan fingerprint density at radius 1 is 0.750 bits per heavy atom. The fourth-order valence-electron chi connectivity index (χ4n) is 3.30. The summed E-state index contributed by atoms with van der Waals surface area (Å²) in [5, 5.41) is 0. The van der Waals surface area contributed by atoms with E-state index in [9.17, 15) is 4.79 Å². The van der Waals surface area contributed by atoms with Crippen molar-refractivity contribution in [2.45, 2.75) is 117 Å². The maximum Gasteiger partial charge on any atom is 0.333 e. The maximum atomic E-state index is 11.2. The Labute approximate surface area is 205 Å². The van der Waals surface area contributed by atoms with Crippen LogP contribution in [0.1, 0.15) is 116 Å². The Balaban J connectivity index is 3.10. The second-order valence-corrected chi connectivity index (χ2v) is 21.0. The van der Waals surface area contributed by atoms with Crippen LogP contribution in [0.3, 0.4) is 0 Å². The van der Waals surface area contributed by atoms with Gasteiger partial charge in [-0.25, -0.2) is 4.79 Å². The molecule has 0 N–H and O–H groups in total. The third-order valence-electron chi connectivity index (χ3n) is 5.09. The van der Waals surface area contributed by atoms with Gasteiger partial charge in [0.2, 0.25) is 0 Å².